The maximum absolute atomic E-state index is 13.4. The molecule has 1 N–H and O–H groups in total. The maximum atomic E-state index is 13.4. The Labute approximate surface area is 125 Å². The minimum Gasteiger partial charge on any atom is -0.311 e. The third-order valence-electron chi connectivity index (χ3n) is 4.82. The summed E-state index contributed by atoms with van der Waals surface area (Å²) in [5.41, 5.74) is 0.857. The quantitative estimate of drug-likeness (QED) is 0.917. The monoisotopic (exact) mass is 294 g/mol. The van der Waals surface area contributed by atoms with Crippen molar-refractivity contribution in [1.82, 2.24) is 10.2 Å². The maximum Gasteiger partial charge on any atom is 0.159 e. The fourth-order valence-electron chi connectivity index (χ4n) is 3.38. The van der Waals surface area contributed by atoms with E-state index in [1.807, 2.05) is 0 Å². The summed E-state index contributed by atoms with van der Waals surface area (Å²) in [7, 11) is 0. The molecule has 1 aliphatic carbocycles. The molecule has 2 fully saturated rings. The molecule has 0 amide bonds. The molecule has 2 nitrogen and oxygen atoms in total. The first kappa shape index (κ1) is 14.9. The minimum atomic E-state index is -0.768. The fourth-order valence-corrected chi connectivity index (χ4v) is 3.38. The van der Waals surface area contributed by atoms with Gasteiger partial charge in [-0.15, -0.1) is 0 Å². The molecule has 1 aliphatic heterocycles. The summed E-state index contributed by atoms with van der Waals surface area (Å²) in [5.74, 6) is -0.161. The summed E-state index contributed by atoms with van der Waals surface area (Å²) in [6.07, 6.45) is 2.64. The molecular weight excluding hydrogens is 270 g/mol. The zero-order valence-electron chi connectivity index (χ0n) is 12.8. The summed E-state index contributed by atoms with van der Waals surface area (Å²) >= 11 is 0. The number of hydrogen-bond acceptors (Lipinski definition) is 2. The smallest absolute Gasteiger partial charge is 0.159 e. The van der Waals surface area contributed by atoms with Gasteiger partial charge in [-0.3, -0.25) is 4.90 Å². The van der Waals surface area contributed by atoms with Crippen molar-refractivity contribution in [3.63, 3.8) is 0 Å². The van der Waals surface area contributed by atoms with E-state index in [1.54, 1.807) is 6.07 Å². The van der Waals surface area contributed by atoms with Crippen molar-refractivity contribution in [2.75, 3.05) is 13.1 Å². The van der Waals surface area contributed by atoms with Crippen LogP contribution in [0.25, 0.3) is 0 Å². The molecule has 1 saturated carbocycles. The summed E-state index contributed by atoms with van der Waals surface area (Å²) < 4.78 is 26.5. The molecule has 0 radical (unpaired) electrons. The van der Waals surface area contributed by atoms with Gasteiger partial charge in [0, 0.05) is 31.7 Å². The van der Waals surface area contributed by atoms with Crippen molar-refractivity contribution in [1.29, 1.82) is 0 Å². The minimum absolute atomic E-state index is 0.452. The van der Waals surface area contributed by atoms with Gasteiger partial charge in [0.2, 0.25) is 0 Å². The van der Waals surface area contributed by atoms with Crippen LogP contribution in [0.3, 0.4) is 0 Å². The van der Waals surface area contributed by atoms with Crippen molar-refractivity contribution in [2.24, 2.45) is 11.8 Å². The summed E-state index contributed by atoms with van der Waals surface area (Å²) in [6, 6.07) is 5.28. The van der Waals surface area contributed by atoms with Gasteiger partial charge in [0.15, 0.2) is 11.6 Å². The zero-order valence-corrected chi connectivity index (χ0v) is 12.8. The van der Waals surface area contributed by atoms with Crippen LogP contribution < -0.4 is 5.32 Å². The second-order valence-electron chi connectivity index (χ2n) is 6.84. The molecule has 116 valence electrons. The molecule has 3 rings (SSSR count). The van der Waals surface area contributed by atoms with Gasteiger partial charge in [-0.25, -0.2) is 8.78 Å². The highest BCUT2D eigenvalue weighted by atomic mass is 19.2. The van der Waals surface area contributed by atoms with Gasteiger partial charge < -0.3 is 5.32 Å². The number of halogens is 2. The van der Waals surface area contributed by atoms with Crippen LogP contribution in [-0.4, -0.2) is 30.1 Å². The van der Waals surface area contributed by atoms with E-state index in [2.05, 4.69) is 24.1 Å². The lowest BCUT2D eigenvalue weighted by molar-refractivity contribution is 0.0851. The van der Waals surface area contributed by atoms with E-state index in [9.17, 15) is 8.78 Å². The lowest BCUT2D eigenvalue weighted by Gasteiger charge is -2.42. The van der Waals surface area contributed by atoms with Crippen LogP contribution in [0.2, 0.25) is 0 Å². The van der Waals surface area contributed by atoms with E-state index in [0.717, 1.165) is 24.6 Å². The first-order valence-electron chi connectivity index (χ1n) is 7.96. The van der Waals surface area contributed by atoms with Gasteiger partial charge in [-0.05, 0) is 42.4 Å². The van der Waals surface area contributed by atoms with Crippen LogP contribution in [0.1, 0.15) is 32.3 Å². The average molecular weight is 294 g/mol. The van der Waals surface area contributed by atoms with E-state index >= 15 is 0 Å². The highest BCUT2D eigenvalue weighted by Crippen LogP contribution is 2.35. The molecule has 21 heavy (non-hydrogen) atoms. The standard InChI is InChI=1S/C17H24F2N2/c1-11(2)17-8-20-16(13-4-5-13)10-21(17)9-12-3-6-14(18)15(19)7-12/h3,6-7,11,13,16-17,20H,4-5,8-10H2,1-2H3. The largest absolute Gasteiger partial charge is 0.311 e. The summed E-state index contributed by atoms with van der Waals surface area (Å²) in [6.45, 7) is 7.14. The van der Waals surface area contributed by atoms with Gasteiger partial charge in [0.25, 0.3) is 0 Å². The molecule has 0 aromatic heterocycles. The van der Waals surface area contributed by atoms with Crippen LogP contribution in [-0.2, 0) is 6.54 Å². The Morgan fingerprint density at radius 3 is 2.62 bits per heavy atom. The van der Waals surface area contributed by atoms with Crippen molar-refractivity contribution in [3.8, 4) is 0 Å². The fraction of sp³-hybridized carbons (Fsp3) is 0.647. The van der Waals surface area contributed by atoms with Crippen molar-refractivity contribution in [2.45, 2.75) is 45.3 Å². The summed E-state index contributed by atoms with van der Waals surface area (Å²) in [4.78, 5) is 2.44. The molecule has 0 spiro atoms. The van der Waals surface area contributed by atoms with Crippen molar-refractivity contribution < 1.29 is 8.78 Å². The van der Waals surface area contributed by atoms with Gasteiger partial charge in [-0.2, -0.15) is 0 Å². The third-order valence-corrected chi connectivity index (χ3v) is 4.82. The number of hydrogen-bond donors (Lipinski definition) is 1. The molecule has 2 atom stereocenters. The molecule has 0 bridgehead atoms. The van der Waals surface area contributed by atoms with E-state index in [-0.39, 0.29) is 0 Å². The van der Waals surface area contributed by atoms with Gasteiger partial charge in [0.1, 0.15) is 0 Å². The van der Waals surface area contributed by atoms with Gasteiger partial charge in [-0.1, -0.05) is 19.9 Å². The van der Waals surface area contributed by atoms with Crippen molar-refractivity contribution in [3.05, 3.63) is 35.4 Å². The molecule has 2 aliphatic rings. The molecule has 2 unspecified atom stereocenters. The van der Waals surface area contributed by atoms with Crippen LogP contribution in [0.4, 0.5) is 8.78 Å². The second-order valence-corrected chi connectivity index (χ2v) is 6.84. The predicted molar refractivity (Wildman–Crippen MR) is 79.9 cm³/mol. The highest BCUT2D eigenvalue weighted by molar-refractivity contribution is 5.18. The van der Waals surface area contributed by atoms with E-state index in [4.69, 9.17) is 0 Å². The SMILES string of the molecule is CC(C)C1CNC(C2CC2)CN1Cc1ccc(F)c(F)c1. The lowest BCUT2D eigenvalue weighted by atomic mass is 9.96. The Morgan fingerprint density at radius 2 is 2.00 bits per heavy atom. The molecule has 4 heteroatoms. The average Bonchev–Trinajstić information content (AvgIpc) is 3.27. The number of benzene rings is 1. The van der Waals surface area contributed by atoms with Crippen molar-refractivity contribution >= 4 is 0 Å². The van der Waals surface area contributed by atoms with Gasteiger partial charge in [0.05, 0.1) is 0 Å². The molecular formula is C17H24F2N2. The van der Waals surface area contributed by atoms with Crippen LogP contribution in [0.5, 0.6) is 0 Å². The number of nitrogens with one attached hydrogen (secondary N) is 1. The Hall–Kier alpha value is -1.00. The van der Waals surface area contributed by atoms with Crippen LogP contribution in [0.15, 0.2) is 18.2 Å². The zero-order chi connectivity index (χ0) is 15.0. The van der Waals surface area contributed by atoms with E-state index < -0.39 is 11.6 Å². The molecule has 1 aromatic carbocycles. The lowest BCUT2D eigenvalue weighted by Crippen LogP contribution is -2.58. The first-order chi connectivity index (χ1) is 10.0. The van der Waals surface area contributed by atoms with E-state index in [1.165, 1.54) is 25.0 Å². The highest BCUT2D eigenvalue weighted by Gasteiger charge is 2.37. The first-order valence-corrected chi connectivity index (χ1v) is 7.96. The molecule has 1 heterocycles. The van der Waals surface area contributed by atoms with Gasteiger partial charge >= 0.3 is 0 Å². The van der Waals surface area contributed by atoms with E-state index in [0.29, 0.717) is 24.5 Å². The normalized spacial score (nSPS) is 27.3. The van der Waals surface area contributed by atoms with Crippen LogP contribution >= 0.6 is 0 Å². The number of piperazine rings is 1. The Bertz CT molecular complexity index is 500. The molecule has 1 saturated heterocycles. The Balaban J connectivity index is 1.73. The number of nitrogens with zero attached hydrogens (tertiary/aromatic N) is 1. The van der Waals surface area contributed by atoms with Crippen LogP contribution in [0, 0.1) is 23.5 Å². The topological polar surface area (TPSA) is 15.3 Å². The third kappa shape index (κ3) is 3.43. The molecule has 1 aromatic rings. The Morgan fingerprint density at radius 1 is 1.24 bits per heavy atom. The summed E-state index contributed by atoms with van der Waals surface area (Å²) in [5, 5.41) is 3.67. The number of rotatable bonds is 4. The Kier molecular flexibility index (Phi) is 4.27. The second kappa shape index (κ2) is 6.01. The predicted octanol–water partition coefficient (Wildman–Crippen LogP) is 3.17.